The minimum atomic E-state index is -0.575. The molecule has 1 aliphatic heterocycles. The van der Waals surface area contributed by atoms with Crippen LogP contribution in [0.25, 0.3) is 0 Å². The fourth-order valence-electron chi connectivity index (χ4n) is 2.36. The average molecular weight is 292 g/mol. The number of amides is 1. The van der Waals surface area contributed by atoms with Gasteiger partial charge in [0.2, 0.25) is 0 Å². The van der Waals surface area contributed by atoms with E-state index in [1.54, 1.807) is 23.1 Å². The maximum absolute atomic E-state index is 12.1. The average Bonchev–Trinajstić information content (AvgIpc) is 2.52. The minimum Gasteiger partial charge on any atom is -0.483 e. The first kappa shape index (κ1) is 15.2. The van der Waals surface area contributed by atoms with Crippen LogP contribution in [0.4, 0.5) is 5.69 Å². The molecule has 0 radical (unpaired) electrons. The number of nitrogens with two attached hydrogens (primary N) is 1. The molecule has 2 N–H and O–H groups in total. The molecular weight excluding hydrogens is 272 g/mol. The third-order valence-electron chi connectivity index (χ3n) is 3.51. The number of anilines is 1. The molecular formula is C15H20N2O4. The summed E-state index contributed by atoms with van der Waals surface area (Å²) in [6.45, 7) is 1.43. The van der Waals surface area contributed by atoms with Crippen molar-refractivity contribution in [3.05, 3.63) is 23.8 Å². The molecule has 0 aromatic heterocycles. The van der Waals surface area contributed by atoms with Crippen LogP contribution in [0.15, 0.2) is 18.2 Å². The van der Waals surface area contributed by atoms with Gasteiger partial charge in [-0.05, 0) is 31.4 Å². The van der Waals surface area contributed by atoms with Gasteiger partial charge in [0, 0.05) is 18.8 Å². The quantitative estimate of drug-likeness (QED) is 0.671. The van der Waals surface area contributed by atoms with E-state index in [1.807, 2.05) is 0 Å². The van der Waals surface area contributed by atoms with Crippen LogP contribution in [-0.2, 0) is 9.53 Å². The third kappa shape index (κ3) is 3.65. The number of likely N-dealkylation sites (tertiary alicyclic amines) is 1. The molecule has 0 spiro atoms. The van der Waals surface area contributed by atoms with Crippen LogP contribution in [0.2, 0.25) is 0 Å². The molecule has 0 bridgehead atoms. The molecule has 2 rings (SSSR count). The molecule has 1 aliphatic rings. The van der Waals surface area contributed by atoms with E-state index >= 15 is 0 Å². The molecule has 1 fully saturated rings. The van der Waals surface area contributed by atoms with E-state index < -0.39 is 5.97 Å². The van der Waals surface area contributed by atoms with Gasteiger partial charge in [-0.3, -0.25) is 4.79 Å². The van der Waals surface area contributed by atoms with Crippen molar-refractivity contribution in [2.24, 2.45) is 0 Å². The van der Waals surface area contributed by atoms with Crippen LogP contribution in [0, 0.1) is 0 Å². The van der Waals surface area contributed by atoms with Gasteiger partial charge in [-0.2, -0.15) is 0 Å². The molecule has 6 nitrogen and oxygen atoms in total. The normalized spacial score (nSPS) is 14.6. The van der Waals surface area contributed by atoms with Crippen molar-refractivity contribution in [3.63, 3.8) is 0 Å². The van der Waals surface area contributed by atoms with Gasteiger partial charge in [0.15, 0.2) is 6.61 Å². The van der Waals surface area contributed by atoms with Gasteiger partial charge in [0.25, 0.3) is 5.91 Å². The van der Waals surface area contributed by atoms with E-state index in [1.165, 1.54) is 7.11 Å². The molecule has 0 aliphatic carbocycles. The summed E-state index contributed by atoms with van der Waals surface area (Å²) >= 11 is 0. The first-order valence-electron chi connectivity index (χ1n) is 7.01. The van der Waals surface area contributed by atoms with E-state index in [0.29, 0.717) is 0 Å². The van der Waals surface area contributed by atoms with Crippen LogP contribution in [0.1, 0.15) is 29.6 Å². The summed E-state index contributed by atoms with van der Waals surface area (Å²) in [6.07, 6.45) is 3.21. The second-order valence-electron chi connectivity index (χ2n) is 4.94. The van der Waals surface area contributed by atoms with Gasteiger partial charge < -0.3 is 20.1 Å². The summed E-state index contributed by atoms with van der Waals surface area (Å²) in [4.78, 5) is 25.6. The molecule has 1 aromatic carbocycles. The second-order valence-corrected chi connectivity index (χ2v) is 4.94. The first-order chi connectivity index (χ1) is 10.1. The van der Waals surface area contributed by atoms with Gasteiger partial charge in [-0.15, -0.1) is 0 Å². The minimum absolute atomic E-state index is 0.0760. The number of carbonyl (C=O) groups excluding carboxylic acids is 2. The van der Waals surface area contributed by atoms with Gasteiger partial charge >= 0.3 is 5.97 Å². The lowest BCUT2D eigenvalue weighted by atomic mass is 10.1. The van der Waals surface area contributed by atoms with Crippen molar-refractivity contribution < 1.29 is 19.1 Å². The smallest absolute Gasteiger partial charge is 0.343 e. The Labute approximate surface area is 123 Å². The second kappa shape index (κ2) is 6.97. The summed E-state index contributed by atoms with van der Waals surface area (Å²) in [7, 11) is 1.28. The summed E-state index contributed by atoms with van der Waals surface area (Å²) in [6, 6.07) is 4.86. The zero-order valence-corrected chi connectivity index (χ0v) is 12.1. The Kier molecular flexibility index (Phi) is 5.03. The molecule has 0 unspecified atom stereocenters. The van der Waals surface area contributed by atoms with Crippen molar-refractivity contribution >= 4 is 17.6 Å². The van der Waals surface area contributed by atoms with Gasteiger partial charge in [-0.25, -0.2) is 4.79 Å². The number of rotatable bonds is 4. The van der Waals surface area contributed by atoms with Gasteiger partial charge in [0.05, 0.1) is 7.11 Å². The zero-order valence-electron chi connectivity index (χ0n) is 12.1. The lowest BCUT2D eigenvalue weighted by Gasteiger charge is -2.26. The number of piperidine rings is 1. The van der Waals surface area contributed by atoms with Crippen molar-refractivity contribution in [1.29, 1.82) is 0 Å². The highest BCUT2D eigenvalue weighted by Crippen LogP contribution is 2.25. The molecule has 0 saturated carbocycles. The highest BCUT2D eigenvalue weighted by molar-refractivity contribution is 5.98. The zero-order chi connectivity index (χ0) is 15.2. The molecule has 1 saturated heterocycles. The summed E-state index contributed by atoms with van der Waals surface area (Å²) < 4.78 is 10.2. The number of ether oxygens (including phenoxy) is 2. The van der Waals surface area contributed by atoms with E-state index in [-0.39, 0.29) is 29.5 Å². The van der Waals surface area contributed by atoms with Crippen molar-refractivity contribution in [3.8, 4) is 5.75 Å². The molecule has 0 atom stereocenters. The lowest BCUT2D eigenvalue weighted by molar-refractivity contribution is -0.134. The Morgan fingerprint density at radius 3 is 2.62 bits per heavy atom. The monoisotopic (exact) mass is 292 g/mol. The molecule has 114 valence electrons. The summed E-state index contributed by atoms with van der Waals surface area (Å²) in [5.41, 5.74) is 6.20. The maximum Gasteiger partial charge on any atom is 0.343 e. The van der Waals surface area contributed by atoms with Crippen LogP contribution < -0.4 is 10.5 Å². The standard InChI is InChI=1S/C15H20N2O4/c1-20-15(19)14-11(16)6-5-7-12(14)21-10-13(18)17-8-3-2-4-9-17/h5-7H,2-4,8-10,16H2,1H3. The Hall–Kier alpha value is -2.24. The van der Waals surface area contributed by atoms with Crippen molar-refractivity contribution in [2.45, 2.75) is 19.3 Å². The Bertz CT molecular complexity index is 524. The summed E-state index contributed by atoms with van der Waals surface area (Å²) in [5.74, 6) is -0.381. The molecule has 1 aromatic rings. The number of nitrogens with zero attached hydrogens (tertiary/aromatic N) is 1. The molecule has 21 heavy (non-hydrogen) atoms. The highest BCUT2D eigenvalue weighted by Gasteiger charge is 2.20. The number of methoxy groups -OCH3 is 1. The molecule has 1 heterocycles. The van der Waals surface area contributed by atoms with E-state index in [0.717, 1.165) is 32.4 Å². The molecule has 6 heteroatoms. The third-order valence-corrected chi connectivity index (χ3v) is 3.51. The van der Waals surface area contributed by atoms with Crippen molar-refractivity contribution in [2.75, 3.05) is 32.5 Å². The highest BCUT2D eigenvalue weighted by atomic mass is 16.5. The predicted octanol–water partition coefficient (Wildman–Crippen LogP) is 1.45. The fourth-order valence-corrected chi connectivity index (χ4v) is 2.36. The van der Waals surface area contributed by atoms with Crippen molar-refractivity contribution in [1.82, 2.24) is 4.90 Å². The number of carbonyl (C=O) groups is 2. The Morgan fingerprint density at radius 2 is 1.95 bits per heavy atom. The van der Waals surface area contributed by atoms with E-state index in [9.17, 15) is 9.59 Å². The van der Waals surface area contributed by atoms with E-state index in [4.69, 9.17) is 10.5 Å². The van der Waals surface area contributed by atoms with Crippen LogP contribution in [0.3, 0.4) is 0 Å². The number of hydrogen-bond donors (Lipinski definition) is 1. The largest absolute Gasteiger partial charge is 0.483 e. The predicted molar refractivity (Wildman–Crippen MR) is 78.1 cm³/mol. The number of nitrogen functional groups attached to an aromatic ring is 1. The number of benzene rings is 1. The SMILES string of the molecule is COC(=O)c1c(N)cccc1OCC(=O)N1CCCCC1. The lowest BCUT2D eigenvalue weighted by Crippen LogP contribution is -2.38. The van der Waals surface area contributed by atoms with Gasteiger partial charge in [0.1, 0.15) is 11.3 Å². The van der Waals surface area contributed by atoms with Gasteiger partial charge in [-0.1, -0.05) is 6.07 Å². The maximum atomic E-state index is 12.1. The Morgan fingerprint density at radius 1 is 1.24 bits per heavy atom. The topological polar surface area (TPSA) is 81.9 Å². The number of hydrogen-bond acceptors (Lipinski definition) is 5. The molecule has 1 amide bonds. The van der Waals surface area contributed by atoms with Crippen LogP contribution in [0.5, 0.6) is 5.75 Å². The first-order valence-corrected chi connectivity index (χ1v) is 7.01. The van der Waals surface area contributed by atoms with Crippen LogP contribution >= 0.6 is 0 Å². The fraction of sp³-hybridized carbons (Fsp3) is 0.467. The number of esters is 1. The Balaban J connectivity index is 2.04. The van der Waals surface area contributed by atoms with Crippen LogP contribution in [-0.4, -0.2) is 43.6 Å². The van der Waals surface area contributed by atoms with E-state index in [2.05, 4.69) is 4.74 Å². The summed E-state index contributed by atoms with van der Waals surface area (Å²) in [5, 5.41) is 0.